The summed E-state index contributed by atoms with van der Waals surface area (Å²) in [6.07, 6.45) is 5.36. The molecule has 3 heteroatoms. The van der Waals surface area contributed by atoms with Crippen LogP contribution in [0.2, 0.25) is 0 Å². The lowest BCUT2D eigenvalue weighted by atomic mass is 9.74. The van der Waals surface area contributed by atoms with Crippen molar-refractivity contribution >= 4 is 11.7 Å². The summed E-state index contributed by atoms with van der Waals surface area (Å²) in [4.78, 5) is 11.7. The van der Waals surface area contributed by atoms with Gasteiger partial charge in [-0.25, -0.2) is 4.79 Å². The van der Waals surface area contributed by atoms with Gasteiger partial charge in [0, 0.05) is 11.6 Å². The van der Waals surface area contributed by atoms with Crippen LogP contribution in [0, 0.1) is 19.8 Å². The molecule has 2 N–H and O–H groups in total. The zero-order chi connectivity index (χ0) is 16.8. The maximum atomic E-state index is 11.7. The van der Waals surface area contributed by atoms with Crippen molar-refractivity contribution in [3.05, 3.63) is 76.4 Å². The van der Waals surface area contributed by atoms with Gasteiger partial charge in [-0.15, -0.1) is 0 Å². The predicted octanol–water partition coefficient (Wildman–Crippen LogP) is 4.83. The molecule has 0 unspecified atom stereocenters. The van der Waals surface area contributed by atoms with E-state index in [4.69, 9.17) is 0 Å². The molecule has 2 aliphatic rings. The molecule has 0 spiro atoms. The third-order valence-corrected chi connectivity index (χ3v) is 5.39. The monoisotopic (exact) mass is 319 g/mol. The fourth-order valence-corrected chi connectivity index (χ4v) is 4.15. The van der Waals surface area contributed by atoms with Crippen LogP contribution in [-0.4, -0.2) is 11.1 Å². The van der Waals surface area contributed by atoms with E-state index in [1.807, 2.05) is 13.0 Å². The Morgan fingerprint density at radius 2 is 1.88 bits per heavy atom. The highest BCUT2D eigenvalue weighted by atomic mass is 16.4. The van der Waals surface area contributed by atoms with Crippen LogP contribution in [0.1, 0.15) is 51.0 Å². The van der Waals surface area contributed by atoms with E-state index < -0.39 is 5.97 Å². The molecule has 1 heterocycles. The number of hydrogen-bond acceptors (Lipinski definition) is 2. The molecule has 1 aliphatic heterocycles. The minimum Gasteiger partial charge on any atom is -0.478 e. The van der Waals surface area contributed by atoms with Gasteiger partial charge in [-0.3, -0.25) is 0 Å². The van der Waals surface area contributed by atoms with E-state index >= 15 is 0 Å². The van der Waals surface area contributed by atoms with Gasteiger partial charge in [-0.05, 0) is 48.9 Å². The first kappa shape index (κ1) is 15.0. The van der Waals surface area contributed by atoms with Gasteiger partial charge in [0.05, 0.1) is 11.6 Å². The van der Waals surface area contributed by atoms with Crippen molar-refractivity contribution in [3.8, 4) is 0 Å². The van der Waals surface area contributed by atoms with E-state index in [2.05, 4.69) is 48.7 Å². The number of carboxylic acid groups (broad SMARTS) is 1. The molecule has 0 saturated heterocycles. The number of nitrogens with one attached hydrogen (secondary N) is 1. The Morgan fingerprint density at radius 1 is 1.12 bits per heavy atom. The molecule has 24 heavy (non-hydrogen) atoms. The third-order valence-electron chi connectivity index (χ3n) is 5.39. The molecule has 2 aromatic carbocycles. The Hall–Kier alpha value is -2.55. The second-order valence-electron chi connectivity index (χ2n) is 6.91. The first-order valence-corrected chi connectivity index (χ1v) is 8.43. The van der Waals surface area contributed by atoms with Gasteiger partial charge in [0.1, 0.15) is 0 Å². The summed E-state index contributed by atoms with van der Waals surface area (Å²) in [6.45, 7) is 4.14. The van der Waals surface area contributed by atoms with E-state index in [-0.39, 0.29) is 12.0 Å². The topological polar surface area (TPSA) is 49.3 Å². The highest BCUT2D eigenvalue weighted by Crippen LogP contribution is 2.51. The van der Waals surface area contributed by atoms with Crippen molar-refractivity contribution in [3.63, 3.8) is 0 Å². The molecule has 0 bridgehead atoms. The Balaban J connectivity index is 1.86. The van der Waals surface area contributed by atoms with Gasteiger partial charge in [-0.1, -0.05) is 48.0 Å². The normalized spacial score (nSPS) is 24.2. The first-order valence-electron chi connectivity index (χ1n) is 8.43. The number of anilines is 1. The Morgan fingerprint density at radius 3 is 2.58 bits per heavy atom. The van der Waals surface area contributed by atoms with Crippen LogP contribution in [-0.2, 0) is 0 Å². The van der Waals surface area contributed by atoms with Crippen molar-refractivity contribution < 1.29 is 9.90 Å². The van der Waals surface area contributed by atoms with Crippen LogP contribution in [0.15, 0.2) is 48.6 Å². The van der Waals surface area contributed by atoms with Crippen LogP contribution in [0.5, 0.6) is 0 Å². The van der Waals surface area contributed by atoms with Crippen molar-refractivity contribution in [2.24, 2.45) is 5.92 Å². The molecule has 0 radical (unpaired) electrons. The molecule has 1 aliphatic carbocycles. The Labute approximate surface area is 142 Å². The van der Waals surface area contributed by atoms with Crippen LogP contribution < -0.4 is 5.32 Å². The third kappa shape index (κ3) is 2.23. The lowest BCUT2D eigenvalue weighted by Crippen LogP contribution is -2.31. The van der Waals surface area contributed by atoms with Crippen LogP contribution >= 0.6 is 0 Å². The summed E-state index contributed by atoms with van der Waals surface area (Å²) in [5, 5.41) is 13.3. The number of rotatable bonds is 2. The first-order chi connectivity index (χ1) is 11.6. The average molecular weight is 319 g/mol. The molecule has 3 nitrogen and oxygen atoms in total. The molecule has 122 valence electrons. The maximum Gasteiger partial charge on any atom is 0.336 e. The van der Waals surface area contributed by atoms with Crippen molar-refractivity contribution in [2.45, 2.75) is 32.2 Å². The van der Waals surface area contributed by atoms with Gasteiger partial charge < -0.3 is 10.4 Å². The number of benzene rings is 2. The Kier molecular flexibility index (Phi) is 3.45. The summed E-state index contributed by atoms with van der Waals surface area (Å²) < 4.78 is 0. The molecule has 3 atom stereocenters. The van der Waals surface area contributed by atoms with Gasteiger partial charge >= 0.3 is 5.97 Å². The minimum absolute atomic E-state index is 0.165. The molecule has 4 rings (SSSR count). The lowest BCUT2D eigenvalue weighted by molar-refractivity contribution is 0.0695. The van der Waals surface area contributed by atoms with Crippen molar-refractivity contribution in [1.82, 2.24) is 0 Å². The fraction of sp³-hybridized carbons (Fsp3) is 0.286. The van der Waals surface area contributed by atoms with E-state index in [0.717, 1.165) is 23.2 Å². The summed E-state index contributed by atoms with van der Waals surface area (Å²) in [5.74, 6) is -0.320. The number of carboxylic acids is 1. The summed E-state index contributed by atoms with van der Waals surface area (Å²) in [6, 6.07) is 12.5. The molecule has 0 aromatic heterocycles. The Bertz CT molecular complexity index is 836. The number of aryl methyl sites for hydroxylation is 2. The quantitative estimate of drug-likeness (QED) is 0.780. The zero-order valence-electron chi connectivity index (χ0n) is 13.9. The molecule has 0 saturated carbocycles. The molecular formula is C21H21NO2. The van der Waals surface area contributed by atoms with Crippen LogP contribution in [0.25, 0.3) is 0 Å². The van der Waals surface area contributed by atoms with Gasteiger partial charge in [-0.2, -0.15) is 0 Å². The van der Waals surface area contributed by atoms with Crippen molar-refractivity contribution in [1.29, 1.82) is 0 Å². The largest absolute Gasteiger partial charge is 0.478 e. The maximum absolute atomic E-state index is 11.7. The average Bonchev–Trinajstić information content (AvgIpc) is 3.05. The van der Waals surface area contributed by atoms with Crippen LogP contribution in [0.4, 0.5) is 5.69 Å². The van der Waals surface area contributed by atoms with Gasteiger partial charge in [0.25, 0.3) is 0 Å². The smallest absolute Gasteiger partial charge is 0.336 e. The van der Waals surface area contributed by atoms with E-state index in [9.17, 15) is 9.90 Å². The summed E-state index contributed by atoms with van der Waals surface area (Å²) >= 11 is 0. The standard InChI is InChI=1S/C21H21NO2/c1-12-6-9-14(10-7-12)20-16-5-3-4-15(16)18-17(21(23)24)11-8-13(2)19(18)22-20/h3-4,6-11,15-16,20,22H,5H2,1-2H3,(H,23,24)/t15-,16+,20+/m1/s1. The van der Waals surface area contributed by atoms with E-state index in [1.54, 1.807) is 6.07 Å². The second-order valence-corrected chi connectivity index (χ2v) is 6.91. The molecular weight excluding hydrogens is 298 g/mol. The number of aromatic carboxylic acids is 1. The van der Waals surface area contributed by atoms with Crippen molar-refractivity contribution in [2.75, 3.05) is 5.32 Å². The second kappa shape index (κ2) is 5.52. The molecule has 0 amide bonds. The summed E-state index contributed by atoms with van der Waals surface area (Å²) in [7, 11) is 0. The highest BCUT2D eigenvalue weighted by molar-refractivity contribution is 5.93. The highest BCUT2D eigenvalue weighted by Gasteiger charge is 2.40. The van der Waals surface area contributed by atoms with E-state index in [0.29, 0.717) is 11.5 Å². The van der Waals surface area contributed by atoms with E-state index in [1.165, 1.54) is 11.1 Å². The lowest BCUT2D eigenvalue weighted by Gasteiger charge is -2.39. The van der Waals surface area contributed by atoms with Crippen LogP contribution in [0.3, 0.4) is 0 Å². The molecule has 0 fully saturated rings. The number of fused-ring (bicyclic) bond motifs is 3. The number of hydrogen-bond donors (Lipinski definition) is 2. The SMILES string of the molecule is Cc1ccc([C@@H]2Nc3c(C)ccc(C(=O)O)c3[C@@H]3C=CC[C@@H]32)cc1. The fourth-order valence-electron chi connectivity index (χ4n) is 4.15. The predicted molar refractivity (Wildman–Crippen MR) is 95.7 cm³/mol. The molecule has 2 aromatic rings. The summed E-state index contributed by atoms with van der Waals surface area (Å²) in [5.41, 5.74) is 5.99. The number of carbonyl (C=O) groups is 1. The minimum atomic E-state index is -0.846. The zero-order valence-corrected chi connectivity index (χ0v) is 13.9. The van der Waals surface area contributed by atoms with Gasteiger partial charge in [0.2, 0.25) is 0 Å². The van der Waals surface area contributed by atoms with Gasteiger partial charge in [0.15, 0.2) is 0 Å². The number of allylic oxidation sites excluding steroid dienone is 2.